The molecule has 0 aliphatic heterocycles. The molecule has 2 aromatic rings. The third-order valence-corrected chi connectivity index (χ3v) is 5.53. The Labute approximate surface area is 176 Å². The van der Waals surface area contributed by atoms with Crippen LogP contribution in [0.15, 0.2) is 48.5 Å². The molecule has 0 aromatic heterocycles. The van der Waals surface area contributed by atoms with E-state index >= 15 is 0 Å². The van der Waals surface area contributed by atoms with Gasteiger partial charge < -0.3 is 15.5 Å². The number of benzene rings is 2. The van der Waals surface area contributed by atoms with Crippen molar-refractivity contribution < 1.29 is 14.0 Å². The number of carbonyl (C=O) groups is 2. The number of amides is 2. The highest BCUT2D eigenvalue weighted by Gasteiger charge is 2.15. The lowest BCUT2D eigenvalue weighted by Gasteiger charge is -2.24. The molecule has 2 rings (SSSR count). The van der Waals surface area contributed by atoms with Crippen LogP contribution in [0.1, 0.15) is 19.4 Å². The van der Waals surface area contributed by atoms with Crippen molar-refractivity contribution in [3.8, 4) is 0 Å². The van der Waals surface area contributed by atoms with E-state index in [1.54, 1.807) is 6.92 Å². The monoisotopic (exact) mass is 417 g/mol. The molecule has 5 nitrogen and oxygen atoms in total. The lowest BCUT2D eigenvalue weighted by atomic mass is 10.2. The summed E-state index contributed by atoms with van der Waals surface area (Å²) in [6, 6.07) is 13.9. The van der Waals surface area contributed by atoms with Gasteiger partial charge in [0.05, 0.1) is 11.0 Å². The minimum Gasteiger partial charge on any atom is -0.370 e. The number of hydrogen-bond donors (Lipinski definition) is 2. The van der Waals surface area contributed by atoms with Crippen LogP contribution in [0.2, 0.25) is 0 Å². The number of halogens is 1. The molecule has 0 saturated carbocycles. The van der Waals surface area contributed by atoms with E-state index in [1.165, 1.54) is 41.6 Å². The molecule has 0 fully saturated rings. The molecule has 0 bridgehead atoms. The van der Waals surface area contributed by atoms with Crippen LogP contribution in [0.3, 0.4) is 0 Å². The molecule has 7 heteroatoms. The Morgan fingerprint density at radius 2 is 1.90 bits per heavy atom. The van der Waals surface area contributed by atoms with Gasteiger partial charge in [-0.3, -0.25) is 9.59 Å². The molecule has 0 radical (unpaired) electrons. The molecule has 1 atom stereocenters. The van der Waals surface area contributed by atoms with Crippen LogP contribution < -0.4 is 15.5 Å². The van der Waals surface area contributed by atoms with Crippen molar-refractivity contribution in [1.29, 1.82) is 0 Å². The van der Waals surface area contributed by atoms with E-state index in [9.17, 15) is 14.0 Å². The highest BCUT2D eigenvalue weighted by molar-refractivity contribution is 8.01. The molecule has 0 heterocycles. The average Bonchev–Trinajstić information content (AvgIpc) is 2.71. The Morgan fingerprint density at radius 3 is 2.55 bits per heavy atom. The molecular weight excluding hydrogens is 389 g/mol. The Kier molecular flexibility index (Phi) is 8.99. The average molecular weight is 418 g/mol. The zero-order valence-corrected chi connectivity index (χ0v) is 17.9. The fourth-order valence-electron chi connectivity index (χ4n) is 2.76. The highest BCUT2D eigenvalue weighted by atomic mass is 32.2. The number of nitrogens with one attached hydrogen (secondary N) is 2. The third-order valence-electron chi connectivity index (χ3n) is 4.39. The summed E-state index contributed by atoms with van der Waals surface area (Å²) in [6.45, 7) is 8.03. The molecule has 0 spiro atoms. The standard InChI is InChI=1S/C22H28FN3O2S/c1-4-26(20-7-5-6-16(2)14-20)13-12-24-22(28)17(3)29-15-21(27)25-19-10-8-18(23)9-11-19/h5-11,14,17H,4,12-13,15H2,1-3H3,(H,24,28)(H,25,27). The van der Waals surface area contributed by atoms with E-state index < -0.39 is 0 Å². The Morgan fingerprint density at radius 1 is 1.17 bits per heavy atom. The number of carbonyl (C=O) groups excluding carboxylic acids is 2. The van der Waals surface area contributed by atoms with E-state index in [0.29, 0.717) is 18.8 Å². The van der Waals surface area contributed by atoms with Crippen molar-refractivity contribution in [2.75, 3.05) is 35.6 Å². The summed E-state index contributed by atoms with van der Waals surface area (Å²) in [5.41, 5.74) is 2.88. The van der Waals surface area contributed by atoms with E-state index in [-0.39, 0.29) is 28.6 Å². The zero-order valence-electron chi connectivity index (χ0n) is 17.1. The summed E-state index contributed by atoms with van der Waals surface area (Å²) in [7, 11) is 0. The first-order valence-electron chi connectivity index (χ1n) is 9.65. The van der Waals surface area contributed by atoms with Gasteiger partial charge in [0.1, 0.15) is 5.82 Å². The van der Waals surface area contributed by atoms with E-state index in [4.69, 9.17) is 0 Å². The van der Waals surface area contributed by atoms with Crippen LogP contribution in [0.25, 0.3) is 0 Å². The first-order valence-corrected chi connectivity index (χ1v) is 10.7. The van der Waals surface area contributed by atoms with Crippen molar-refractivity contribution >= 4 is 35.0 Å². The topological polar surface area (TPSA) is 61.4 Å². The highest BCUT2D eigenvalue weighted by Crippen LogP contribution is 2.16. The van der Waals surface area contributed by atoms with Gasteiger partial charge in [-0.25, -0.2) is 4.39 Å². The first kappa shape index (κ1) is 22.7. The zero-order chi connectivity index (χ0) is 21.2. The van der Waals surface area contributed by atoms with Gasteiger partial charge in [-0.05, 0) is 62.7 Å². The van der Waals surface area contributed by atoms with Gasteiger partial charge in [0.2, 0.25) is 11.8 Å². The smallest absolute Gasteiger partial charge is 0.234 e. The van der Waals surface area contributed by atoms with E-state index in [0.717, 1.165) is 12.2 Å². The second-order valence-electron chi connectivity index (χ2n) is 6.72. The van der Waals surface area contributed by atoms with Crippen molar-refractivity contribution in [3.05, 3.63) is 59.9 Å². The van der Waals surface area contributed by atoms with Crippen molar-refractivity contribution in [2.24, 2.45) is 0 Å². The van der Waals surface area contributed by atoms with Gasteiger partial charge in [0, 0.05) is 31.0 Å². The maximum absolute atomic E-state index is 12.9. The summed E-state index contributed by atoms with van der Waals surface area (Å²) >= 11 is 1.27. The van der Waals surface area contributed by atoms with E-state index in [2.05, 4.69) is 47.6 Å². The van der Waals surface area contributed by atoms with Crippen molar-refractivity contribution in [2.45, 2.75) is 26.0 Å². The molecular formula is C22H28FN3O2S. The number of hydrogen-bond acceptors (Lipinski definition) is 4. The fourth-order valence-corrected chi connectivity index (χ4v) is 3.47. The maximum atomic E-state index is 12.9. The minimum absolute atomic E-state index is 0.0927. The molecule has 156 valence electrons. The maximum Gasteiger partial charge on any atom is 0.234 e. The second-order valence-corrected chi connectivity index (χ2v) is 8.05. The lowest BCUT2D eigenvalue weighted by Crippen LogP contribution is -2.38. The van der Waals surface area contributed by atoms with Crippen LogP contribution in [-0.2, 0) is 9.59 Å². The van der Waals surface area contributed by atoms with Crippen LogP contribution in [0.5, 0.6) is 0 Å². The minimum atomic E-state index is -0.355. The molecule has 2 amide bonds. The van der Waals surface area contributed by atoms with Crippen LogP contribution in [0, 0.1) is 12.7 Å². The third kappa shape index (κ3) is 7.77. The summed E-state index contributed by atoms with van der Waals surface area (Å²) in [6.07, 6.45) is 0. The van der Waals surface area contributed by atoms with Gasteiger partial charge in [0.15, 0.2) is 0 Å². The van der Waals surface area contributed by atoms with Gasteiger partial charge in [-0.15, -0.1) is 11.8 Å². The summed E-state index contributed by atoms with van der Waals surface area (Å²) in [5, 5.41) is 5.28. The quantitative estimate of drug-likeness (QED) is 0.617. The molecule has 0 aliphatic rings. The number of thioether (sulfide) groups is 1. The molecule has 0 aliphatic carbocycles. The predicted octanol–water partition coefficient (Wildman–Crippen LogP) is 3.84. The van der Waals surface area contributed by atoms with E-state index in [1.807, 2.05) is 6.07 Å². The molecule has 0 saturated heterocycles. The number of nitrogens with zero attached hydrogens (tertiary/aromatic N) is 1. The first-order chi connectivity index (χ1) is 13.9. The van der Waals surface area contributed by atoms with Crippen LogP contribution in [0.4, 0.5) is 15.8 Å². The SMILES string of the molecule is CCN(CCNC(=O)C(C)SCC(=O)Nc1ccc(F)cc1)c1cccc(C)c1. The van der Waals surface area contributed by atoms with Gasteiger partial charge >= 0.3 is 0 Å². The Balaban J connectivity index is 1.71. The normalized spacial score (nSPS) is 11.6. The van der Waals surface area contributed by atoms with Gasteiger partial charge in [0.25, 0.3) is 0 Å². The van der Waals surface area contributed by atoms with Crippen LogP contribution >= 0.6 is 11.8 Å². The van der Waals surface area contributed by atoms with Crippen molar-refractivity contribution in [1.82, 2.24) is 5.32 Å². The van der Waals surface area contributed by atoms with Gasteiger partial charge in [-0.1, -0.05) is 12.1 Å². The molecule has 2 aromatic carbocycles. The number of likely N-dealkylation sites (N-methyl/N-ethyl adjacent to an activating group) is 1. The van der Waals surface area contributed by atoms with Gasteiger partial charge in [-0.2, -0.15) is 0 Å². The molecule has 2 N–H and O–H groups in total. The fraction of sp³-hybridized carbons (Fsp3) is 0.364. The molecule has 1 unspecified atom stereocenters. The summed E-state index contributed by atoms with van der Waals surface area (Å²) in [4.78, 5) is 26.5. The second kappa shape index (κ2) is 11.5. The Bertz CT molecular complexity index is 814. The predicted molar refractivity (Wildman–Crippen MR) is 119 cm³/mol. The van der Waals surface area contributed by atoms with Crippen LogP contribution in [-0.4, -0.2) is 42.5 Å². The van der Waals surface area contributed by atoms with Crippen molar-refractivity contribution in [3.63, 3.8) is 0 Å². The lowest BCUT2D eigenvalue weighted by molar-refractivity contribution is -0.120. The summed E-state index contributed by atoms with van der Waals surface area (Å²) in [5.74, 6) is -0.523. The molecule has 29 heavy (non-hydrogen) atoms. The number of rotatable bonds is 10. The Hall–Kier alpha value is -2.54. The number of anilines is 2. The summed E-state index contributed by atoms with van der Waals surface area (Å²) < 4.78 is 12.9. The number of aryl methyl sites for hydroxylation is 1. The largest absolute Gasteiger partial charge is 0.370 e.